The van der Waals surface area contributed by atoms with E-state index in [-0.39, 0.29) is 0 Å². The highest BCUT2D eigenvalue weighted by Gasteiger charge is 2.22. The Morgan fingerprint density at radius 2 is 2.07 bits per heavy atom. The number of benzene rings is 2. The number of imidazole rings is 1. The molecule has 1 unspecified atom stereocenters. The standard InChI is InChI=1S/C23H19Cl2N3OS/c1-2-30-15-9-7-13(8-10-15)22(29)23-27-18-11-17(24)19(20(25)21(18)28-23)16-6-4-3-5-14(16)12-26/h4,6-11,22,29H,2-3,5H2,1H3,(H,27,28). The zero-order valence-corrected chi connectivity index (χ0v) is 18.6. The van der Waals surface area contributed by atoms with Crippen molar-refractivity contribution in [2.45, 2.75) is 30.8 Å². The number of allylic oxidation sites excluding steroid dienone is 4. The second-order valence-corrected chi connectivity index (χ2v) is 9.04. The summed E-state index contributed by atoms with van der Waals surface area (Å²) >= 11 is 15.0. The van der Waals surface area contributed by atoms with Gasteiger partial charge in [-0.3, -0.25) is 0 Å². The number of nitrogens with zero attached hydrogens (tertiary/aromatic N) is 2. The molecule has 7 heteroatoms. The number of nitriles is 1. The highest BCUT2D eigenvalue weighted by Crippen LogP contribution is 2.40. The Labute approximate surface area is 189 Å². The Hall–Kier alpha value is -2.23. The van der Waals surface area contributed by atoms with Crippen molar-refractivity contribution >= 4 is 51.6 Å². The maximum absolute atomic E-state index is 10.8. The number of aromatic amines is 1. The summed E-state index contributed by atoms with van der Waals surface area (Å²) in [6.07, 6.45) is 4.45. The van der Waals surface area contributed by atoms with Crippen molar-refractivity contribution in [3.8, 4) is 6.07 Å². The number of hydrogen-bond acceptors (Lipinski definition) is 4. The maximum atomic E-state index is 10.8. The van der Waals surface area contributed by atoms with E-state index in [9.17, 15) is 10.4 Å². The Bertz CT molecular complexity index is 1210. The molecule has 152 valence electrons. The van der Waals surface area contributed by atoms with Gasteiger partial charge in [-0.05, 0) is 47.9 Å². The van der Waals surface area contributed by atoms with Crippen molar-refractivity contribution in [1.29, 1.82) is 5.26 Å². The van der Waals surface area contributed by atoms with Crippen LogP contribution in [0.2, 0.25) is 10.0 Å². The van der Waals surface area contributed by atoms with Gasteiger partial charge in [-0.1, -0.05) is 54.4 Å². The van der Waals surface area contributed by atoms with Gasteiger partial charge in [-0.25, -0.2) is 4.98 Å². The first kappa shape index (κ1) is 21.0. The van der Waals surface area contributed by atoms with Crippen LogP contribution in [-0.2, 0) is 0 Å². The molecule has 4 rings (SSSR count). The van der Waals surface area contributed by atoms with Gasteiger partial charge < -0.3 is 10.1 Å². The van der Waals surface area contributed by atoms with Crippen LogP contribution in [0.25, 0.3) is 16.6 Å². The average Bonchev–Trinajstić information content (AvgIpc) is 3.18. The molecule has 30 heavy (non-hydrogen) atoms. The highest BCUT2D eigenvalue weighted by atomic mass is 35.5. The molecule has 1 aliphatic carbocycles. The molecule has 1 aliphatic rings. The van der Waals surface area contributed by atoms with E-state index in [2.05, 4.69) is 23.0 Å². The van der Waals surface area contributed by atoms with Crippen LogP contribution in [0.15, 0.2) is 53.0 Å². The second-order valence-electron chi connectivity index (χ2n) is 6.92. The molecule has 0 spiro atoms. The van der Waals surface area contributed by atoms with E-state index in [0.717, 1.165) is 28.2 Å². The van der Waals surface area contributed by atoms with Crippen molar-refractivity contribution in [3.63, 3.8) is 0 Å². The number of aliphatic hydroxyl groups is 1. The quantitative estimate of drug-likeness (QED) is 0.420. The summed E-state index contributed by atoms with van der Waals surface area (Å²) < 4.78 is 0. The number of aliphatic hydroxyl groups excluding tert-OH is 1. The van der Waals surface area contributed by atoms with Gasteiger partial charge in [0.1, 0.15) is 17.4 Å². The van der Waals surface area contributed by atoms with Crippen LogP contribution in [0.4, 0.5) is 0 Å². The summed E-state index contributed by atoms with van der Waals surface area (Å²) in [7, 11) is 0. The number of aromatic nitrogens is 2. The van der Waals surface area contributed by atoms with Crippen molar-refractivity contribution in [3.05, 3.63) is 75.1 Å². The fraction of sp³-hybridized carbons (Fsp3) is 0.217. The van der Waals surface area contributed by atoms with E-state index < -0.39 is 6.10 Å². The summed E-state index contributed by atoms with van der Waals surface area (Å²) in [4.78, 5) is 8.85. The number of nitrogens with one attached hydrogen (secondary N) is 1. The molecule has 1 aromatic heterocycles. The molecule has 0 aliphatic heterocycles. The van der Waals surface area contributed by atoms with Crippen LogP contribution in [0.5, 0.6) is 0 Å². The van der Waals surface area contributed by atoms with Crippen LogP contribution < -0.4 is 0 Å². The molecule has 3 aromatic rings. The summed E-state index contributed by atoms with van der Waals surface area (Å²) in [5, 5.41) is 21.1. The predicted octanol–water partition coefficient (Wildman–Crippen LogP) is 6.69. The molecule has 0 bridgehead atoms. The molecule has 0 saturated carbocycles. The topological polar surface area (TPSA) is 72.7 Å². The summed E-state index contributed by atoms with van der Waals surface area (Å²) in [6.45, 7) is 2.10. The van der Waals surface area contributed by atoms with Gasteiger partial charge in [0.05, 0.1) is 21.6 Å². The van der Waals surface area contributed by atoms with E-state index in [1.54, 1.807) is 17.8 Å². The summed E-state index contributed by atoms with van der Waals surface area (Å²) in [5.41, 5.74) is 3.89. The van der Waals surface area contributed by atoms with Gasteiger partial charge in [0.25, 0.3) is 0 Å². The van der Waals surface area contributed by atoms with Gasteiger partial charge in [0, 0.05) is 16.0 Å². The Balaban J connectivity index is 1.76. The van der Waals surface area contributed by atoms with Crippen molar-refractivity contribution in [2.24, 2.45) is 0 Å². The molecule has 2 aromatic carbocycles. The Morgan fingerprint density at radius 1 is 1.30 bits per heavy atom. The second kappa shape index (κ2) is 8.87. The minimum atomic E-state index is -0.917. The summed E-state index contributed by atoms with van der Waals surface area (Å²) in [6, 6.07) is 11.8. The van der Waals surface area contributed by atoms with Crippen LogP contribution >= 0.6 is 35.0 Å². The van der Waals surface area contributed by atoms with Gasteiger partial charge in [-0.15, -0.1) is 11.8 Å². The smallest absolute Gasteiger partial charge is 0.140 e. The molecule has 0 fully saturated rings. The molecule has 0 radical (unpaired) electrons. The lowest BCUT2D eigenvalue weighted by Gasteiger charge is -2.14. The number of fused-ring (bicyclic) bond motifs is 1. The predicted molar refractivity (Wildman–Crippen MR) is 124 cm³/mol. The Morgan fingerprint density at radius 3 is 2.77 bits per heavy atom. The number of halogens is 2. The van der Waals surface area contributed by atoms with Crippen molar-refractivity contribution in [1.82, 2.24) is 9.97 Å². The number of thioether (sulfide) groups is 1. The van der Waals surface area contributed by atoms with Gasteiger partial charge in [-0.2, -0.15) is 5.26 Å². The third-order valence-electron chi connectivity index (χ3n) is 5.03. The summed E-state index contributed by atoms with van der Waals surface area (Å²) in [5.74, 6) is 1.39. The first-order valence-electron chi connectivity index (χ1n) is 9.62. The molecule has 1 atom stereocenters. The molecular formula is C23H19Cl2N3OS. The molecule has 4 nitrogen and oxygen atoms in total. The lowest BCUT2D eigenvalue weighted by atomic mass is 9.92. The average molecular weight is 456 g/mol. The highest BCUT2D eigenvalue weighted by molar-refractivity contribution is 7.99. The molecule has 1 heterocycles. The lowest BCUT2D eigenvalue weighted by molar-refractivity contribution is 0.211. The normalized spacial score (nSPS) is 14.9. The van der Waals surface area contributed by atoms with Crippen LogP contribution in [0, 0.1) is 11.3 Å². The maximum Gasteiger partial charge on any atom is 0.140 e. The molecular weight excluding hydrogens is 437 g/mol. The van der Waals surface area contributed by atoms with Crippen LogP contribution in [-0.4, -0.2) is 20.8 Å². The molecule has 0 amide bonds. The largest absolute Gasteiger partial charge is 0.380 e. The third-order valence-corrected chi connectivity index (χ3v) is 6.59. The van der Waals surface area contributed by atoms with E-state index in [1.165, 1.54) is 0 Å². The zero-order chi connectivity index (χ0) is 21.3. The first-order chi connectivity index (χ1) is 14.5. The lowest BCUT2D eigenvalue weighted by Crippen LogP contribution is -2.01. The van der Waals surface area contributed by atoms with E-state index >= 15 is 0 Å². The van der Waals surface area contributed by atoms with Gasteiger partial charge in [0.2, 0.25) is 0 Å². The molecule has 2 N–H and O–H groups in total. The number of rotatable bonds is 5. The monoisotopic (exact) mass is 455 g/mol. The third kappa shape index (κ3) is 3.89. The Kier molecular flexibility index (Phi) is 6.21. The van der Waals surface area contributed by atoms with Gasteiger partial charge in [0.15, 0.2) is 0 Å². The zero-order valence-electron chi connectivity index (χ0n) is 16.2. The minimum absolute atomic E-state index is 0.371. The van der Waals surface area contributed by atoms with Crippen LogP contribution in [0.3, 0.4) is 0 Å². The van der Waals surface area contributed by atoms with Crippen molar-refractivity contribution in [2.75, 3.05) is 5.75 Å². The minimum Gasteiger partial charge on any atom is -0.380 e. The number of hydrogen-bond donors (Lipinski definition) is 2. The number of H-pyrrole nitrogens is 1. The van der Waals surface area contributed by atoms with E-state index in [4.69, 9.17) is 23.2 Å². The van der Waals surface area contributed by atoms with E-state index in [0.29, 0.717) is 44.5 Å². The molecule has 0 saturated heterocycles. The fourth-order valence-electron chi connectivity index (χ4n) is 3.56. The first-order valence-corrected chi connectivity index (χ1v) is 11.4. The van der Waals surface area contributed by atoms with Crippen LogP contribution in [0.1, 0.15) is 42.8 Å². The van der Waals surface area contributed by atoms with E-state index in [1.807, 2.05) is 36.4 Å². The van der Waals surface area contributed by atoms with Gasteiger partial charge >= 0.3 is 0 Å². The fourth-order valence-corrected chi connectivity index (χ4v) is 4.92. The SMILES string of the molecule is CCSc1ccc(C(O)c2nc3c(Cl)c(C4=C(C#N)CCC=C4)c(Cl)cc3[nH]2)cc1. The van der Waals surface area contributed by atoms with Crippen molar-refractivity contribution < 1.29 is 5.11 Å².